The van der Waals surface area contributed by atoms with Gasteiger partial charge in [0.2, 0.25) is 0 Å². The number of ether oxygens (including phenoxy) is 1. The molecule has 2 aliphatic heterocycles. The smallest absolute Gasteiger partial charge is 0.346 e. The van der Waals surface area contributed by atoms with Crippen LogP contribution in [-0.4, -0.2) is 66.0 Å². The lowest BCUT2D eigenvalue weighted by atomic mass is 10.1. The van der Waals surface area contributed by atoms with Crippen molar-refractivity contribution >= 4 is 60.1 Å². The lowest BCUT2D eigenvalue weighted by Crippen LogP contribution is -2.32. The monoisotopic (exact) mass is 676 g/mol. The van der Waals surface area contributed by atoms with Gasteiger partial charge in [-0.1, -0.05) is 12.2 Å². The first kappa shape index (κ1) is 30.1. The number of rotatable bonds is 2. The zero-order valence-corrected chi connectivity index (χ0v) is 25.9. The molecule has 2 bridgehead atoms. The molecule has 224 valence electrons. The number of hydrogen-bond acceptors (Lipinski definition) is 13. The molecule has 0 spiro atoms. The number of aryl methyl sites for hydroxylation is 1. The number of thiol groups is 1. The third-order valence-corrected chi connectivity index (χ3v) is 10.5. The van der Waals surface area contributed by atoms with Crippen LogP contribution in [0.2, 0.25) is 0 Å². The maximum Gasteiger partial charge on any atom is 0.387 e. The molecule has 2 N–H and O–H groups in total. The van der Waals surface area contributed by atoms with Crippen LogP contribution in [0.4, 0.5) is 4.39 Å². The van der Waals surface area contributed by atoms with Crippen LogP contribution in [0.1, 0.15) is 23.3 Å². The Kier molecular flexibility index (Phi) is 8.50. The Morgan fingerprint density at radius 3 is 2.90 bits per heavy atom. The highest BCUT2D eigenvalue weighted by Gasteiger charge is 2.51. The summed E-state index contributed by atoms with van der Waals surface area (Å²) in [6.45, 7) is -7.38. The van der Waals surface area contributed by atoms with Crippen LogP contribution in [0, 0.1) is 6.92 Å². The van der Waals surface area contributed by atoms with E-state index in [1.165, 1.54) is 22.2 Å². The van der Waals surface area contributed by atoms with E-state index in [1.54, 1.807) is 24.8 Å². The number of pyridine rings is 1. The fraction of sp³-hybridized carbons (Fsp3) is 0.409. The first-order valence-corrected chi connectivity index (χ1v) is 18.5. The summed E-state index contributed by atoms with van der Waals surface area (Å²) < 4.78 is 58.6. The molecule has 6 atom stereocenters. The molecular weight excluding hydrogens is 653 g/mol. The second-order valence-electron chi connectivity index (χ2n) is 9.34. The average Bonchev–Trinajstić information content (AvgIpc) is 3.67. The number of hydrogen-bond donors (Lipinski definition) is 3. The largest absolute Gasteiger partial charge is 0.387 e. The summed E-state index contributed by atoms with van der Waals surface area (Å²) in [6, 6.07) is 1.84. The first-order chi connectivity index (χ1) is 20.0. The number of aromatic nitrogens is 6. The van der Waals surface area contributed by atoms with Crippen LogP contribution in [-0.2, 0) is 52.2 Å². The quantitative estimate of drug-likeness (QED) is 0.208. The van der Waals surface area contributed by atoms with Crippen molar-refractivity contribution in [3.05, 3.63) is 57.7 Å². The molecule has 2 unspecified atom stereocenters. The van der Waals surface area contributed by atoms with Crippen LogP contribution >= 0.6 is 37.1 Å². The summed E-state index contributed by atoms with van der Waals surface area (Å²) in [5.74, 6) is 0.279. The van der Waals surface area contributed by atoms with E-state index in [9.17, 15) is 14.3 Å². The predicted molar refractivity (Wildman–Crippen MR) is 155 cm³/mol. The van der Waals surface area contributed by atoms with Crippen molar-refractivity contribution in [2.75, 3.05) is 13.2 Å². The van der Waals surface area contributed by atoms with Crippen molar-refractivity contribution < 1.29 is 36.7 Å². The van der Waals surface area contributed by atoms with E-state index in [2.05, 4.69) is 37.2 Å². The standard InChI is InChI=1S/C22H23FN6O8P2S3/c1-11-27-20-18(21(30)28-11)26-9-29(20)22-19-17(23)15(36-22)8-35-38(31,40)33-3-2-12-4-13(16-6-24-10-42-16)5-25-14(12)7-34-39(32,41)37-19/h4-6,9-10,15,17,19,22H,2-3,7-8H2,1H3,(H,31,40)(H,32,41)(H,27,28,30)/t15-,17-,19-,22-,38?,39?/m1/s1. The van der Waals surface area contributed by atoms with Crippen LogP contribution in [0.5, 0.6) is 0 Å². The van der Waals surface area contributed by atoms with Gasteiger partial charge in [-0.3, -0.25) is 28.4 Å². The topological polar surface area (TPSA) is 173 Å². The Morgan fingerprint density at radius 1 is 1.29 bits per heavy atom. The minimum atomic E-state index is -4.25. The van der Waals surface area contributed by atoms with E-state index < -0.39 is 50.3 Å². The number of alkyl halides is 1. The van der Waals surface area contributed by atoms with Crippen molar-refractivity contribution in [2.24, 2.45) is 0 Å². The predicted octanol–water partition coefficient (Wildman–Crippen LogP) is 3.63. The van der Waals surface area contributed by atoms with Crippen molar-refractivity contribution in [3.8, 4) is 10.4 Å². The molecule has 6 rings (SSSR count). The first-order valence-electron chi connectivity index (χ1n) is 12.4. The van der Waals surface area contributed by atoms with Gasteiger partial charge >= 0.3 is 13.5 Å². The van der Waals surface area contributed by atoms with Gasteiger partial charge in [0.15, 0.2) is 23.6 Å². The summed E-state index contributed by atoms with van der Waals surface area (Å²) in [4.78, 5) is 43.3. The van der Waals surface area contributed by atoms with Gasteiger partial charge in [0, 0.05) is 18.0 Å². The van der Waals surface area contributed by atoms with E-state index in [-0.39, 0.29) is 36.6 Å². The number of thiazole rings is 1. The number of nitrogens with one attached hydrogen (secondary N) is 1. The second kappa shape index (κ2) is 11.9. The normalized spacial score (nSPS) is 31.0. The minimum Gasteiger partial charge on any atom is -0.346 e. The summed E-state index contributed by atoms with van der Waals surface area (Å²) in [7, 11) is 0. The zero-order valence-electron chi connectivity index (χ0n) is 21.6. The van der Waals surface area contributed by atoms with E-state index in [0.717, 1.165) is 10.4 Å². The van der Waals surface area contributed by atoms with Gasteiger partial charge in [-0.25, -0.2) is 18.9 Å². The molecule has 20 heteroatoms. The third kappa shape index (κ3) is 6.30. The fourth-order valence-corrected chi connectivity index (χ4v) is 7.69. The molecule has 0 amide bonds. The van der Waals surface area contributed by atoms with Gasteiger partial charge in [-0.2, -0.15) is 0 Å². The molecule has 4 aromatic rings. The van der Waals surface area contributed by atoms with Crippen LogP contribution in [0.25, 0.3) is 21.6 Å². The average molecular weight is 677 g/mol. The molecule has 6 heterocycles. The molecule has 0 aromatic carbocycles. The summed E-state index contributed by atoms with van der Waals surface area (Å²) in [6.07, 6.45) is -1.44. The van der Waals surface area contributed by atoms with E-state index in [0.29, 0.717) is 11.3 Å². The Bertz CT molecular complexity index is 1770. The second-order valence-corrected chi connectivity index (χ2v) is 15.9. The Balaban J connectivity index is 1.35. The van der Waals surface area contributed by atoms with Gasteiger partial charge in [0.05, 0.1) is 42.2 Å². The number of H-pyrrole nitrogens is 1. The number of nitrogens with zero attached hydrogens (tertiary/aromatic N) is 5. The molecule has 0 aliphatic carbocycles. The lowest BCUT2D eigenvalue weighted by Gasteiger charge is -2.24. The van der Waals surface area contributed by atoms with E-state index >= 15 is 4.39 Å². The van der Waals surface area contributed by atoms with Crippen LogP contribution < -0.4 is 5.56 Å². The zero-order chi connectivity index (χ0) is 29.6. The fourth-order valence-electron chi connectivity index (χ4n) is 4.57. The SMILES string of the molecule is Cc1nc2c(ncn2[C@@H]2O[C@@H]3COP(O)(=S)OCCc4cc(-c5cncs5)cnc4COP(=O)(S)O[C@@H]2[C@@H]3F)c(=O)[nH]1. The highest BCUT2D eigenvalue weighted by Crippen LogP contribution is 2.58. The molecule has 4 aromatic heterocycles. The summed E-state index contributed by atoms with van der Waals surface area (Å²) in [5.41, 5.74) is 3.07. The molecule has 1 saturated heterocycles. The van der Waals surface area contributed by atoms with Gasteiger partial charge in [-0.05, 0) is 36.8 Å². The molecular formula is C22H23FN6O8P2S3. The lowest BCUT2D eigenvalue weighted by molar-refractivity contribution is -0.0452. The number of aromatic amines is 1. The van der Waals surface area contributed by atoms with Crippen molar-refractivity contribution in [1.82, 2.24) is 29.5 Å². The molecule has 0 saturated carbocycles. The summed E-state index contributed by atoms with van der Waals surface area (Å²) in [5, 5.41) is 0. The van der Waals surface area contributed by atoms with Gasteiger partial charge < -0.3 is 23.7 Å². The highest BCUT2D eigenvalue weighted by molar-refractivity contribution is 8.44. The van der Waals surface area contributed by atoms with Gasteiger partial charge in [0.1, 0.15) is 18.0 Å². The maximum atomic E-state index is 15.9. The van der Waals surface area contributed by atoms with Crippen LogP contribution in [0.3, 0.4) is 0 Å². The van der Waals surface area contributed by atoms with Gasteiger partial charge in [0.25, 0.3) is 5.56 Å². The van der Waals surface area contributed by atoms with Gasteiger partial charge in [-0.15, -0.1) is 11.3 Å². The number of fused-ring (bicyclic) bond motifs is 4. The number of halogens is 1. The third-order valence-electron chi connectivity index (χ3n) is 6.51. The maximum absolute atomic E-state index is 15.9. The van der Waals surface area contributed by atoms with E-state index in [4.69, 9.17) is 34.6 Å². The molecule has 14 nitrogen and oxygen atoms in total. The summed E-state index contributed by atoms with van der Waals surface area (Å²) >= 11 is 10.7. The van der Waals surface area contributed by atoms with E-state index in [1.807, 2.05) is 6.07 Å². The van der Waals surface area contributed by atoms with Crippen molar-refractivity contribution in [2.45, 2.75) is 44.6 Å². The Hall–Kier alpha value is -1.95. The molecule has 42 heavy (non-hydrogen) atoms. The molecule has 1 fully saturated rings. The van der Waals surface area contributed by atoms with Crippen molar-refractivity contribution in [1.29, 1.82) is 0 Å². The highest BCUT2D eigenvalue weighted by atomic mass is 32.7. The number of imidazole rings is 1. The minimum absolute atomic E-state index is 0.0230. The molecule has 0 radical (unpaired) electrons. The van der Waals surface area contributed by atoms with Crippen molar-refractivity contribution in [3.63, 3.8) is 0 Å². The molecule has 2 aliphatic rings. The Labute approximate surface area is 251 Å². The van der Waals surface area contributed by atoms with Crippen LogP contribution in [0.15, 0.2) is 35.1 Å². The Morgan fingerprint density at radius 2 is 2.12 bits per heavy atom.